The van der Waals surface area contributed by atoms with E-state index in [2.05, 4.69) is 6.58 Å². The SMILES string of the molecule is C=C(Cc1ccc(OCc2ccccc2)cc1)C(=O)OCC. The van der Waals surface area contributed by atoms with E-state index < -0.39 is 0 Å². The molecule has 0 bridgehead atoms. The average molecular weight is 296 g/mol. The minimum absolute atomic E-state index is 0.341. The first-order chi connectivity index (χ1) is 10.7. The molecule has 0 aliphatic rings. The summed E-state index contributed by atoms with van der Waals surface area (Å²) in [5.41, 5.74) is 2.59. The normalized spacial score (nSPS) is 10.0. The lowest BCUT2D eigenvalue weighted by Crippen LogP contribution is -2.08. The molecule has 2 aromatic rings. The van der Waals surface area contributed by atoms with Crippen molar-refractivity contribution in [2.75, 3.05) is 6.61 Å². The Hall–Kier alpha value is -2.55. The topological polar surface area (TPSA) is 35.5 Å². The zero-order valence-corrected chi connectivity index (χ0v) is 12.7. The molecule has 0 heterocycles. The van der Waals surface area contributed by atoms with Crippen molar-refractivity contribution in [3.8, 4) is 5.75 Å². The van der Waals surface area contributed by atoms with Crippen molar-refractivity contribution in [3.63, 3.8) is 0 Å². The molecule has 114 valence electrons. The van der Waals surface area contributed by atoms with Gasteiger partial charge in [-0.15, -0.1) is 0 Å². The van der Waals surface area contributed by atoms with Crippen molar-refractivity contribution in [2.24, 2.45) is 0 Å². The highest BCUT2D eigenvalue weighted by molar-refractivity contribution is 5.88. The van der Waals surface area contributed by atoms with Crippen LogP contribution in [-0.2, 0) is 22.6 Å². The predicted molar refractivity (Wildman–Crippen MR) is 86.7 cm³/mol. The van der Waals surface area contributed by atoms with Crippen LogP contribution in [0.3, 0.4) is 0 Å². The molecule has 0 saturated carbocycles. The highest BCUT2D eigenvalue weighted by atomic mass is 16.5. The summed E-state index contributed by atoms with van der Waals surface area (Å²) in [4.78, 5) is 11.5. The third-order valence-electron chi connectivity index (χ3n) is 3.15. The number of hydrogen-bond acceptors (Lipinski definition) is 3. The molecule has 0 atom stereocenters. The standard InChI is InChI=1S/C19H20O3/c1-3-21-19(20)15(2)13-16-9-11-18(12-10-16)22-14-17-7-5-4-6-8-17/h4-12H,2-3,13-14H2,1H3. The first-order valence-corrected chi connectivity index (χ1v) is 7.29. The van der Waals surface area contributed by atoms with Gasteiger partial charge in [-0.2, -0.15) is 0 Å². The van der Waals surface area contributed by atoms with Crippen molar-refractivity contribution in [3.05, 3.63) is 77.9 Å². The maximum absolute atomic E-state index is 11.5. The fourth-order valence-corrected chi connectivity index (χ4v) is 2.00. The van der Waals surface area contributed by atoms with Crippen molar-refractivity contribution >= 4 is 5.97 Å². The van der Waals surface area contributed by atoms with Gasteiger partial charge in [0.2, 0.25) is 0 Å². The Labute approximate surface area is 131 Å². The van der Waals surface area contributed by atoms with Crippen LogP contribution in [0.5, 0.6) is 5.75 Å². The Kier molecular flexibility index (Phi) is 5.78. The molecule has 2 rings (SSSR count). The third-order valence-corrected chi connectivity index (χ3v) is 3.15. The van der Waals surface area contributed by atoms with Gasteiger partial charge in [-0.05, 0) is 30.2 Å². The van der Waals surface area contributed by atoms with Crippen LogP contribution < -0.4 is 4.74 Å². The lowest BCUT2D eigenvalue weighted by molar-refractivity contribution is -0.138. The van der Waals surface area contributed by atoms with E-state index in [0.29, 0.717) is 25.2 Å². The predicted octanol–water partition coefficient (Wildman–Crippen LogP) is 3.93. The summed E-state index contributed by atoms with van der Waals surface area (Å²) < 4.78 is 10.6. The van der Waals surface area contributed by atoms with Gasteiger partial charge in [-0.1, -0.05) is 49.0 Å². The molecule has 2 aromatic carbocycles. The average Bonchev–Trinajstić information content (AvgIpc) is 2.55. The van der Waals surface area contributed by atoms with E-state index in [9.17, 15) is 4.79 Å². The molecule has 3 nitrogen and oxygen atoms in total. The van der Waals surface area contributed by atoms with E-state index in [0.717, 1.165) is 16.9 Å². The number of ether oxygens (including phenoxy) is 2. The van der Waals surface area contributed by atoms with Gasteiger partial charge in [0.25, 0.3) is 0 Å². The van der Waals surface area contributed by atoms with Crippen LogP contribution >= 0.6 is 0 Å². The first-order valence-electron chi connectivity index (χ1n) is 7.29. The van der Waals surface area contributed by atoms with E-state index in [4.69, 9.17) is 9.47 Å². The molecule has 0 amide bonds. The Bertz CT molecular complexity index is 615. The summed E-state index contributed by atoms with van der Waals surface area (Å²) in [7, 11) is 0. The van der Waals surface area contributed by atoms with E-state index in [1.165, 1.54) is 0 Å². The molecular weight excluding hydrogens is 276 g/mol. The second-order valence-corrected chi connectivity index (χ2v) is 4.92. The Balaban J connectivity index is 1.87. The fraction of sp³-hybridized carbons (Fsp3) is 0.211. The number of rotatable bonds is 7. The zero-order chi connectivity index (χ0) is 15.8. The molecule has 0 aliphatic carbocycles. The minimum Gasteiger partial charge on any atom is -0.489 e. The largest absolute Gasteiger partial charge is 0.489 e. The van der Waals surface area contributed by atoms with Gasteiger partial charge in [0.05, 0.1) is 6.61 Å². The minimum atomic E-state index is -0.341. The van der Waals surface area contributed by atoms with Crippen molar-refractivity contribution in [2.45, 2.75) is 20.0 Å². The van der Waals surface area contributed by atoms with Crippen LogP contribution in [0.1, 0.15) is 18.1 Å². The molecule has 0 N–H and O–H groups in total. The molecule has 0 aliphatic heterocycles. The van der Waals surface area contributed by atoms with Gasteiger partial charge < -0.3 is 9.47 Å². The molecule has 3 heteroatoms. The van der Waals surface area contributed by atoms with Gasteiger partial charge >= 0.3 is 5.97 Å². The highest BCUT2D eigenvalue weighted by Crippen LogP contribution is 2.16. The molecule has 0 spiro atoms. The van der Waals surface area contributed by atoms with E-state index in [1.54, 1.807) is 6.92 Å². The molecule has 0 unspecified atom stereocenters. The van der Waals surface area contributed by atoms with Crippen LogP contribution in [0, 0.1) is 0 Å². The van der Waals surface area contributed by atoms with Crippen LogP contribution in [-0.4, -0.2) is 12.6 Å². The quantitative estimate of drug-likeness (QED) is 0.573. The monoisotopic (exact) mass is 296 g/mol. The summed E-state index contributed by atoms with van der Waals surface area (Å²) in [5.74, 6) is 0.459. The molecule has 0 saturated heterocycles. The summed E-state index contributed by atoms with van der Waals surface area (Å²) >= 11 is 0. The number of esters is 1. The first kappa shape index (κ1) is 15.8. The van der Waals surface area contributed by atoms with Gasteiger partial charge in [0.1, 0.15) is 12.4 Å². The third kappa shape index (κ3) is 4.77. The second kappa shape index (κ2) is 8.03. The maximum atomic E-state index is 11.5. The summed E-state index contributed by atoms with van der Waals surface area (Å²) in [6.07, 6.45) is 0.484. The van der Waals surface area contributed by atoms with Crippen molar-refractivity contribution in [1.82, 2.24) is 0 Å². The Morgan fingerprint density at radius 1 is 1.00 bits per heavy atom. The van der Waals surface area contributed by atoms with Crippen molar-refractivity contribution in [1.29, 1.82) is 0 Å². The number of benzene rings is 2. The van der Waals surface area contributed by atoms with E-state index in [1.807, 2.05) is 54.6 Å². The van der Waals surface area contributed by atoms with Crippen LogP contribution in [0.15, 0.2) is 66.7 Å². The Morgan fingerprint density at radius 3 is 2.32 bits per heavy atom. The van der Waals surface area contributed by atoms with Gasteiger partial charge in [0.15, 0.2) is 0 Å². The van der Waals surface area contributed by atoms with Crippen LogP contribution in [0.25, 0.3) is 0 Å². The Morgan fingerprint density at radius 2 is 1.68 bits per heavy atom. The number of carbonyl (C=O) groups is 1. The number of carbonyl (C=O) groups excluding carboxylic acids is 1. The van der Waals surface area contributed by atoms with Gasteiger partial charge in [-0.3, -0.25) is 0 Å². The molecule has 0 aromatic heterocycles. The van der Waals surface area contributed by atoms with Crippen LogP contribution in [0.2, 0.25) is 0 Å². The van der Waals surface area contributed by atoms with E-state index >= 15 is 0 Å². The molecule has 0 fully saturated rings. The zero-order valence-electron chi connectivity index (χ0n) is 12.7. The van der Waals surface area contributed by atoms with Crippen LogP contribution in [0.4, 0.5) is 0 Å². The smallest absolute Gasteiger partial charge is 0.333 e. The van der Waals surface area contributed by atoms with Gasteiger partial charge in [0, 0.05) is 12.0 Å². The summed E-state index contributed by atoms with van der Waals surface area (Å²) in [6.45, 7) is 6.45. The lowest BCUT2D eigenvalue weighted by atomic mass is 10.1. The summed E-state index contributed by atoms with van der Waals surface area (Å²) in [6, 6.07) is 17.7. The summed E-state index contributed by atoms with van der Waals surface area (Å²) in [5, 5.41) is 0. The lowest BCUT2D eigenvalue weighted by Gasteiger charge is -2.08. The molecular formula is C19H20O3. The fourth-order valence-electron chi connectivity index (χ4n) is 2.00. The second-order valence-electron chi connectivity index (χ2n) is 4.92. The molecule has 22 heavy (non-hydrogen) atoms. The maximum Gasteiger partial charge on any atom is 0.333 e. The highest BCUT2D eigenvalue weighted by Gasteiger charge is 2.08. The van der Waals surface area contributed by atoms with Gasteiger partial charge in [-0.25, -0.2) is 4.79 Å². The number of hydrogen-bond donors (Lipinski definition) is 0. The van der Waals surface area contributed by atoms with Crippen molar-refractivity contribution < 1.29 is 14.3 Å². The molecule has 0 radical (unpaired) electrons. The van der Waals surface area contributed by atoms with E-state index in [-0.39, 0.29) is 5.97 Å².